The fraction of sp³-hybridized carbons (Fsp3) is 0.278. The Morgan fingerprint density at radius 3 is 2.14 bits per heavy atom. The van der Waals surface area contributed by atoms with Gasteiger partial charge in [0.15, 0.2) is 0 Å². The van der Waals surface area contributed by atoms with Crippen LogP contribution in [0.25, 0.3) is 0 Å². The van der Waals surface area contributed by atoms with Gasteiger partial charge in [-0.05, 0) is 28.7 Å². The highest BCUT2D eigenvalue weighted by Crippen LogP contribution is 2.32. The van der Waals surface area contributed by atoms with Crippen LogP contribution < -0.4 is 10.6 Å². The Labute approximate surface area is 125 Å². The molecule has 21 heavy (non-hydrogen) atoms. The minimum Gasteiger partial charge on any atom is -0.368 e. The van der Waals surface area contributed by atoms with Crippen molar-refractivity contribution < 1.29 is 4.79 Å². The van der Waals surface area contributed by atoms with Gasteiger partial charge in [0.2, 0.25) is 0 Å². The molecule has 0 radical (unpaired) electrons. The van der Waals surface area contributed by atoms with E-state index in [0.717, 1.165) is 16.9 Å². The van der Waals surface area contributed by atoms with Crippen molar-refractivity contribution in [3.8, 4) is 0 Å². The van der Waals surface area contributed by atoms with Crippen LogP contribution in [0.3, 0.4) is 0 Å². The number of amides is 1. The molecule has 0 saturated carbocycles. The van der Waals surface area contributed by atoms with Crippen molar-refractivity contribution in [2.45, 2.75) is 32.2 Å². The maximum atomic E-state index is 12.3. The highest BCUT2D eigenvalue weighted by molar-refractivity contribution is 6.03. The Hall–Kier alpha value is -2.29. The highest BCUT2D eigenvalue weighted by Gasteiger charge is 2.26. The number of benzene rings is 2. The van der Waals surface area contributed by atoms with Gasteiger partial charge in [0.1, 0.15) is 6.04 Å². The summed E-state index contributed by atoms with van der Waals surface area (Å²) in [7, 11) is 0. The molecule has 0 fully saturated rings. The molecular weight excluding hydrogens is 260 g/mol. The quantitative estimate of drug-likeness (QED) is 0.826. The smallest absolute Gasteiger partial charge is 0.251 e. The molecule has 1 amide bonds. The summed E-state index contributed by atoms with van der Waals surface area (Å²) in [5, 5.41) is 6.26. The van der Waals surface area contributed by atoms with E-state index in [0.29, 0.717) is 0 Å². The maximum absolute atomic E-state index is 12.3. The van der Waals surface area contributed by atoms with Gasteiger partial charge in [0.05, 0.1) is 11.4 Å². The molecule has 2 N–H and O–H groups in total. The normalized spacial score (nSPS) is 17.7. The molecule has 108 valence electrons. The van der Waals surface area contributed by atoms with Crippen molar-refractivity contribution >= 4 is 17.3 Å². The van der Waals surface area contributed by atoms with Crippen LogP contribution in [0.5, 0.6) is 0 Å². The number of rotatable bonds is 1. The third-order valence-corrected chi connectivity index (χ3v) is 3.86. The summed E-state index contributed by atoms with van der Waals surface area (Å²) in [6.07, 6.45) is 0. The monoisotopic (exact) mass is 280 g/mol. The summed E-state index contributed by atoms with van der Waals surface area (Å²) in [4.78, 5) is 12.3. The van der Waals surface area contributed by atoms with Gasteiger partial charge in [0.25, 0.3) is 5.91 Å². The van der Waals surface area contributed by atoms with Gasteiger partial charge >= 0.3 is 0 Å². The van der Waals surface area contributed by atoms with Crippen LogP contribution in [0.15, 0.2) is 48.5 Å². The highest BCUT2D eigenvalue weighted by atomic mass is 16.2. The number of hydrogen-bond donors (Lipinski definition) is 2. The van der Waals surface area contributed by atoms with Gasteiger partial charge < -0.3 is 10.6 Å². The molecular formula is C18H20N2O. The second-order valence-electron chi connectivity index (χ2n) is 6.48. The zero-order valence-corrected chi connectivity index (χ0v) is 12.6. The number of anilines is 2. The van der Waals surface area contributed by atoms with Crippen molar-refractivity contribution in [1.29, 1.82) is 0 Å². The third-order valence-electron chi connectivity index (χ3n) is 3.86. The van der Waals surface area contributed by atoms with Gasteiger partial charge in [-0.25, -0.2) is 0 Å². The van der Waals surface area contributed by atoms with E-state index in [1.807, 2.05) is 36.4 Å². The summed E-state index contributed by atoms with van der Waals surface area (Å²) in [5.41, 5.74) is 4.16. The summed E-state index contributed by atoms with van der Waals surface area (Å²) >= 11 is 0. The average molecular weight is 280 g/mol. The predicted molar refractivity (Wildman–Crippen MR) is 86.6 cm³/mol. The van der Waals surface area contributed by atoms with Crippen LogP contribution in [0, 0.1) is 0 Å². The SMILES string of the molecule is CC(C)(C)c1ccc([C@H]2Nc3ccccc3NC2=O)cc1. The third kappa shape index (κ3) is 2.64. The molecule has 1 heterocycles. The summed E-state index contributed by atoms with van der Waals surface area (Å²) < 4.78 is 0. The van der Waals surface area contributed by atoms with Crippen LogP contribution in [-0.4, -0.2) is 5.91 Å². The molecule has 0 aliphatic carbocycles. The molecule has 1 aliphatic heterocycles. The minimum atomic E-state index is -0.339. The van der Waals surface area contributed by atoms with E-state index in [1.54, 1.807) is 0 Å². The second-order valence-corrected chi connectivity index (χ2v) is 6.48. The Morgan fingerprint density at radius 1 is 0.905 bits per heavy atom. The number of carbonyl (C=O) groups excluding carboxylic acids is 1. The first-order chi connectivity index (χ1) is 9.95. The Kier molecular flexibility index (Phi) is 3.20. The zero-order chi connectivity index (χ0) is 15.0. The molecule has 0 unspecified atom stereocenters. The van der Waals surface area contributed by atoms with Crippen molar-refractivity contribution in [2.24, 2.45) is 0 Å². The molecule has 2 aromatic carbocycles. The van der Waals surface area contributed by atoms with E-state index in [-0.39, 0.29) is 17.4 Å². The molecule has 3 heteroatoms. The Balaban J connectivity index is 1.89. The number of hydrogen-bond acceptors (Lipinski definition) is 2. The first kappa shape index (κ1) is 13.7. The topological polar surface area (TPSA) is 41.1 Å². The maximum Gasteiger partial charge on any atom is 0.251 e. The molecule has 1 atom stereocenters. The van der Waals surface area contributed by atoms with Crippen LogP contribution >= 0.6 is 0 Å². The molecule has 0 spiro atoms. The number of nitrogens with one attached hydrogen (secondary N) is 2. The van der Waals surface area contributed by atoms with Gasteiger partial charge in [0, 0.05) is 0 Å². The Bertz CT molecular complexity index is 668. The minimum absolute atomic E-state index is 0.0165. The van der Waals surface area contributed by atoms with Crippen LogP contribution in [0.1, 0.15) is 37.9 Å². The lowest BCUT2D eigenvalue weighted by Gasteiger charge is -2.27. The number of fused-ring (bicyclic) bond motifs is 1. The summed E-state index contributed by atoms with van der Waals surface area (Å²) in [5.74, 6) is -0.0165. The largest absolute Gasteiger partial charge is 0.368 e. The van der Waals surface area contributed by atoms with Crippen molar-refractivity contribution in [3.05, 3.63) is 59.7 Å². The lowest BCUT2D eigenvalue weighted by atomic mass is 9.86. The van der Waals surface area contributed by atoms with E-state index in [9.17, 15) is 4.79 Å². The molecule has 3 rings (SSSR count). The summed E-state index contributed by atoms with van der Waals surface area (Å²) in [6.45, 7) is 6.55. The van der Waals surface area contributed by atoms with Crippen LogP contribution in [0.2, 0.25) is 0 Å². The van der Waals surface area contributed by atoms with Crippen LogP contribution in [-0.2, 0) is 10.2 Å². The van der Waals surface area contributed by atoms with E-state index in [2.05, 4.69) is 43.5 Å². The molecule has 3 nitrogen and oxygen atoms in total. The van der Waals surface area contributed by atoms with Crippen molar-refractivity contribution in [3.63, 3.8) is 0 Å². The molecule has 1 aliphatic rings. The molecule has 2 aromatic rings. The Morgan fingerprint density at radius 2 is 1.52 bits per heavy atom. The van der Waals surface area contributed by atoms with Gasteiger partial charge in [-0.1, -0.05) is 57.2 Å². The van der Waals surface area contributed by atoms with Crippen molar-refractivity contribution in [2.75, 3.05) is 10.6 Å². The molecule has 0 bridgehead atoms. The van der Waals surface area contributed by atoms with E-state index in [1.165, 1.54) is 5.56 Å². The van der Waals surface area contributed by atoms with E-state index >= 15 is 0 Å². The number of carbonyl (C=O) groups is 1. The summed E-state index contributed by atoms with van der Waals surface area (Å²) in [6, 6.07) is 15.7. The van der Waals surface area contributed by atoms with Crippen molar-refractivity contribution in [1.82, 2.24) is 0 Å². The van der Waals surface area contributed by atoms with E-state index in [4.69, 9.17) is 0 Å². The van der Waals surface area contributed by atoms with Crippen LogP contribution in [0.4, 0.5) is 11.4 Å². The average Bonchev–Trinajstić information content (AvgIpc) is 2.46. The lowest BCUT2D eigenvalue weighted by Crippen LogP contribution is -2.31. The molecule has 0 saturated heterocycles. The number of para-hydroxylation sites is 2. The van der Waals surface area contributed by atoms with E-state index < -0.39 is 0 Å². The fourth-order valence-corrected chi connectivity index (χ4v) is 2.55. The molecule has 0 aromatic heterocycles. The predicted octanol–water partition coefficient (Wildman–Crippen LogP) is 4.09. The fourth-order valence-electron chi connectivity index (χ4n) is 2.55. The second kappa shape index (κ2) is 4.92. The van der Waals surface area contributed by atoms with Gasteiger partial charge in [-0.15, -0.1) is 0 Å². The lowest BCUT2D eigenvalue weighted by molar-refractivity contribution is -0.117. The zero-order valence-electron chi connectivity index (χ0n) is 12.6. The van der Waals surface area contributed by atoms with Gasteiger partial charge in [-0.3, -0.25) is 4.79 Å². The first-order valence-electron chi connectivity index (χ1n) is 7.22. The first-order valence-corrected chi connectivity index (χ1v) is 7.22. The standard InChI is InChI=1S/C18H20N2O/c1-18(2,3)13-10-8-12(9-11-13)16-17(21)20-15-7-5-4-6-14(15)19-16/h4-11,16,19H,1-3H3,(H,20,21)/t16-/m1/s1. The van der Waals surface area contributed by atoms with Gasteiger partial charge in [-0.2, -0.15) is 0 Å².